The monoisotopic (exact) mass is 465 g/mol. The van der Waals surface area contributed by atoms with Crippen molar-refractivity contribution in [3.63, 3.8) is 0 Å². The van der Waals surface area contributed by atoms with E-state index in [0.29, 0.717) is 18.8 Å². The zero-order valence-electron chi connectivity index (χ0n) is 19.9. The quantitative estimate of drug-likeness (QED) is 0.376. The van der Waals surface area contributed by atoms with Crippen molar-refractivity contribution in [2.75, 3.05) is 27.3 Å². The second-order valence-corrected chi connectivity index (χ2v) is 8.56. The van der Waals surface area contributed by atoms with Gasteiger partial charge in [0.1, 0.15) is 6.61 Å². The summed E-state index contributed by atoms with van der Waals surface area (Å²) in [5, 5.41) is 11.5. The molecule has 180 valence electrons. The number of nitrogens with two attached hydrogens (primary N) is 1. The van der Waals surface area contributed by atoms with Crippen LogP contribution in [0.25, 0.3) is 0 Å². The summed E-state index contributed by atoms with van der Waals surface area (Å²) in [4.78, 5) is 37.7. The van der Waals surface area contributed by atoms with Gasteiger partial charge in [0, 0.05) is 36.3 Å². The summed E-state index contributed by atoms with van der Waals surface area (Å²) >= 11 is 0. The fourth-order valence-corrected chi connectivity index (χ4v) is 3.04. The van der Waals surface area contributed by atoms with Gasteiger partial charge in [-0.3, -0.25) is 14.4 Å². The number of carbonyl (C=O) groups excluding carboxylic acids is 3. The largest absolute Gasteiger partial charge is 0.388 e. The number of ether oxygens (including phenoxy) is 1. The van der Waals surface area contributed by atoms with Gasteiger partial charge < -0.3 is 25.8 Å². The number of aliphatic hydroxyl groups excluding tert-OH is 1. The Hall–Kier alpha value is -3.51. The van der Waals surface area contributed by atoms with E-state index in [1.54, 1.807) is 24.3 Å². The molecule has 1 atom stereocenters. The minimum absolute atomic E-state index is 0.290. The lowest BCUT2D eigenvalue weighted by Gasteiger charge is -2.25. The van der Waals surface area contributed by atoms with Crippen LogP contribution < -0.4 is 11.1 Å². The molecule has 2 aromatic carbocycles. The standard InChI is InChI=1S/C26H31N3O5/c1-26(2,27)17-34-16-20-9-7-18(8-10-20)5-6-19-11-13-21(14-12-19)25(33)29(4)23(22(31)15-30)24(32)28-3/h7-14,23,30H,15-17,27H2,1-4H3,(H,28,32). The Bertz CT molecular complexity index is 1040. The molecule has 2 amide bonds. The van der Waals surface area contributed by atoms with Gasteiger partial charge in [0.15, 0.2) is 11.8 Å². The number of nitrogens with zero attached hydrogens (tertiary/aromatic N) is 1. The summed E-state index contributed by atoms with van der Waals surface area (Å²) in [5.41, 5.74) is 8.38. The van der Waals surface area contributed by atoms with Crippen molar-refractivity contribution in [2.45, 2.75) is 32.0 Å². The Morgan fingerprint density at radius 1 is 1.06 bits per heavy atom. The Labute approximate surface area is 200 Å². The maximum atomic E-state index is 12.7. The fraction of sp³-hybridized carbons (Fsp3) is 0.346. The van der Waals surface area contributed by atoms with E-state index in [9.17, 15) is 14.4 Å². The molecule has 0 heterocycles. The van der Waals surface area contributed by atoms with Gasteiger partial charge >= 0.3 is 0 Å². The number of amides is 2. The molecule has 0 fully saturated rings. The highest BCUT2D eigenvalue weighted by Crippen LogP contribution is 2.11. The van der Waals surface area contributed by atoms with Crippen molar-refractivity contribution in [2.24, 2.45) is 5.73 Å². The number of nitrogens with one attached hydrogen (secondary N) is 1. The lowest BCUT2D eigenvalue weighted by atomic mass is 10.1. The zero-order chi connectivity index (χ0) is 25.3. The Balaban J connectivity index is 2.04. The Kier molecular flexibility index (Phi) is 9.51. The van der Waals surface area contributed by atoms with Crippen LogP contribution in [0.5, 0.6) is 0 Å². The summed E-state index contributed by atoms with van der Waals surface area (Å²) in [5.74, 6) is 4.16. The number of benzene rings is 2. The van der Waals surface area contributed by atoms with Crippen molar-refractivity contribution in [1.29, 1.82) is 0 Å². The molecule has 2 rings (SSSR count). The van der Waals surface area contributed by atoms with Crippen LogP contribution in [0.4, 0.5) is 0 Å². The molecule has 2 aromatic rings. The van der Waals surface area contributed by atoms with Crippen LogP contribution in [0.2, 0.25) is 0 Å². The molecule has 0 saturated carbocycles. The predicted octanol–water partition coefficient (Wildman–Crippen LogP) is 1.09. The second-order valence-electron chi connectivity index (χ2n) is 8.56. The van der Waals surface area contributed by atoms with E-state index in [4.69, 9.17) is 15.6 Å². The van der Waals surface area contributed by atoms with Crippen LogP contribution in [-0.2, 0) is 20.9 Å². The highest BCUT2D eigenvalue weighted by molar-refractivity contribution is 6.10. The molecule has 1 unspecified atom stereocenters. The number of rotatable bonds is 9. The van der Waals surface area contributed by atoms with Gasteiger partial charge in [-0.25, -0.2) is 0 Å². The van der Waals surface area contributed by atoms with Gasteiger partial charge in [-0.1, -0.05) is 24.0 Å². The van der Waals surface area contributed by atoms with E-state index in [1.165, 1.54) is 14.1 Å². The Morgan fingerprint density at radius 3 is 2.06 bits per heavy atom. The SMILES string of the molecule is CNC(=O)C(C(=O)CO)N(C)C(=O)c1ccc(C#Cc2ccc(COCC(C)(C)N)cc2)cc1. The molecule has 0 radical (unpaired) electrons. The normalized spacial score (nSPS) is 11.7. The van der Waals surface area contributed by atoms with Crippen LogP contribution >= 0.6 is 0 Å². The fourth-order valence-electron chi connectivity index (χ4n) is 3.04. The van der Waals surface area contributed by atoms with E-state index in [-0.39, 0.29) is 11.1 Å². The molecule has 0 bridgehead atoms. The van der Waals surface area contributed by atoms with Gasteiger partial charge in [0.05, 0.1) is 13.2 Å². The molecular formula is C26H31N3O5. The van der Waals surface area contributed by atoms with Gasteiger partial charge in [-0.2, -0.15) is 0 Å². The summed E-state index contributed by atoms with van der Waals surface area (Å²) < 4.78 is 5.61. The lowest BCUT2D eigenvalue weighted by Crippen LogP contribution is -2.52. The first-order valence-corrected chi connectivity index (χ1v) is 10.8. The van der Waals surface area contributed by atoms with Crippen molar-refractivity contribution >= 4 is 17.6 Å². The van der Waals surface area contributed by atoms with Crippen molar-refractivity contribution < 1.29 is 24.2 Å². The predicted molar refractivity (Wildman–Crippen MR) is 129 cm³/mol. The van der Waals surface area contributed by atoms with Gasteiger partial charge in [-0.15, -0.1) is 0 Å². The summed E-state index contributed by atoms with van der Waals surface area (Å²) in [7, 11) is 2.70. The highest BCUT2D eigenvalue weighted by Gasteiger charge is 2.32. The molecule has 4 N–H and O–H groups in total. The van der Waals surface area contributed by atoms with E-state index in [1.807, 2.05) is 38.1 Å². The molecule has 0 saturated heterocycles. The van der Waals surface area contributed by atoms with Crippen molar-refractivity contribution in [3.8, 4) is 11.8 Å². The van der Waals surface area contributed by atoms with Crippen LogP contribution in [0.15, 0.2) is 48.5 Å². The van der Waals surface area contributed by atoms with E-state index < -0.39 is 30.2 Å². The van der Waals surface area contributed by atoms with Gasteiger partial charge in [-0.05, 0) is 55.8 Å². The molecule has 8 nitrogen and oxygen atoms in total. The summed E-state index contributed by atoms with van der Waals surface area (Å²) in [6.45, 7) is 3.92. The number of carbonyl (C=O) groups is 3. The molecule has 0 aliphatic rings. The van der Waals surface area contributed by atoms with Crippen LogP contribution in [0, 0.1) is 11.8 Å². The maximum Gasteiger partial charge on any atom is 0.254 e. The number of Topliss-reactive ketones (excluding diaryl/α,β-unsaturated/α-hetero) is 1. The number of ketones is 1. The number of aliphatic hydroxyl groups is 1. The average Bonchev–Trinajstić information content (AvgIpc) is 2.82. The van der Waals surface area contributed by atoms with Crippen LogP contribution in [0.3, 0.4) is 0 Å². The molecule has 0 spiro atoms. The van der Waals surface area contributed by atoms with Gasteiger partial charge in [0.2, 0.25) is 5.91 Å². The number of hydrogen-bond donors (Lipinski definition) is 3. The zero-order valence-corrected chi connectivity index (χ0v) is 19.9. The highest BCUT2D eigenvalue weighted by atomic mass is 16.5. The third-order valence-electron chi connectivity index (χ3n) is 4.84. The Morgan fingerprint density at radius 2 is 1.59 bits per heavy atom. The second kappa shape index (κ2) is 12.1. The van der Waals surface area contributed by atoms with E-state index in [2.05, 4.69) is 17.2 Å². The molecule has 0 aliphatic carbocycles. The van der Waals surface area contributed by atoms with Crippen molar-refractivity contribution in [3.05, 3.63) is 70.8 Å². The first kappa shape index (κ1) is 26.7. The van der Waals surface area contributed by atoms with E-state index in [0.717, 1.165) is 16.0 Å². The van der Waals surface area contributed by atoms with E-state index >= 15 is 0 Å². The van der Waals surface area contributed by atoms with Gasteiger partial charge in [0.25, 0.3) is 5.91 Å². The topological polar surface area (TPSA) is 122 Å². The lowest BCUT2D eigenvalue weighted by molar-refractivity contribution is -0.135. The molecule has 34 heavy (non-hydrogen) atoms. The summed E-state index contributed by atoms with van der Waals surface area (Å²) in [6.07, 6.45) is 0. The van der Waals surface area contributed by atoms with Crippen LogP contribution in [0.1, 0.15) is 40.9 Å². The maximum absolute atomic E-state index is 12.7. The third-order valence-corrected chi connectivity index (χ3v) is 4.84. The van der Waals surface area contributed by atoms with Crippen molar-refractivity contribution in [1.82, 2.24) is 10.2 Å². The molecular weight excluding hydrogens is 434 g/mol. The molecule has 0 aliphatic heterocycles. The minimum Gasteiger partial charge on any atom is -0.388 e. The summed E-state index contributed by atoms with van der Waals surface area (Å²) in [6, 6.07) is 12.8. The molecule has 8 heteroatoms. The number of likely N-dealkylation sites (N-methyl/N-ethyl adjacent to an activating group) is 2. The third kappa shape index (κ3) is 7.81. The molecule has 0 aromatic heterocycles. The number of hydrogen-bond acceptors (Lipinski definition) is 6. The van der Waals surface area contributed by atoms with Crippen LogP contribution in [-0.4, -0.2) is 66.5 Å². The smallest absolute Gasteiger partial charge is 0.254 e. The average molecular weight is 466 g/mol. The first-order valence-electron chi connectivity index (χ1n) is 10.8. The minimum atomic E-state index is -1.41. The first-order chi connectivity index (χ1) is 16.1.